The average Bonchev–Trinajstić information content (AvgIpc) is 1.30. The maximum Gasteiger partial charge on any atom is 0.101 e. The van der Waals surface area contributed by atoms with Crippen LogP contribution in [0, 0.1) is 0 Å². The van der Waals surface area contributed by atoms with Crippen molar-refractivity contribution in [3.05, 3.63) is 0 Å². The summed E-state index contributed by atoms with van der Waals surface area (Å²) < 4.78 is 4.77. The molecule has 0 aromatic rings. The summed E-state index contributed by atoms with van der Waals surface area (Å²) in [6.07, 6.45) is 0. The number of ether oxygens (including phenoxy) is 1. The Labute approximate surface area is 60.7 Å². The molecule has 0 spiro atoms. The average molecular weight is 232 g/mol. The molecule has 0 saturated carbocycles. The predicted octanol–water partition coefficient (Wildman–Crippen LogP) is 2.14. The molecule has 0 unspecified atom stereocenters. The molecule has 1 nitrogen and oxygen atoms in total. The van der Waals surface area contributed by atoms with Crippen molar-refractivity contribution in [3.8, 4) is 0 Å². The third kappa shape index (κ3) is 6.92. The number of halogens is 2. The SMILES string of the molecule is COCC(C)(Br)Br. The molecule has 0 radical (unpaired) electrons. The van der Waals surface area contributed by atoms with Gasteiger partial charge < -0.3 is 4.74 Å². The van der Waals surface area contributed by atoms with Crippen molar-refractivity contribution in [2.24, 2.45) is 0 Å². The first-order chi connectivity index (χ1) is 3.06. The lowest BCUT2D eigenvalue weighted by atomic mass is 10.5. The van der Waals surface area contributed by atoms with Crippen LogP contribution in [0.2, 0.25) is 0 Å². The molecule has 0 aromatic heterocycles. The zero-order valence-electron chi connectivity index (χ0n) is 4.37. The molecule has 0 heterocycles. The van der Waals surface area contributed by atoms with Crippen LogP contribution in [0.3, 0.4) is 0 Å². The Balaban J connectivity index is 3.15. The first kappa shape index (κ1) is 7.92. The van der Waals surface area contributed by atoms with E-state index in [1.807, 2.05) is 6.92 Å². The van der Waals surface area contributed by atoms with Gasteiger partial charge in [0.2, 0.25) is 0 Å². The number of alkyl halides is 2. The van der Waals surface area contributed by atoms with Gasteiger partial charge in [-0.05, 0) is 6.92 Å². The molecule has 0 aliphatic carbocycles. The Bertz CT molecular complexity index is 48.1. The molecule has 0 N–H and O–H groups in total. The fourth-order valence-corrected chi connectivity index (χ4v) is 0.711. The Morgan fingerprint density at radius 2 is 2.00 bits per heavy atom. The molecule has 44 valence electrons. The summed E-state index contributed by atoms with van der Waals surface area (Å²) in [6.45, 7) is 2.66. The molecule has 0 amide bonds. The van der Waals surface area contributed by atoms with E-state index in [-0.39, 0.29) is 3.23 Å². The third-order valence-corrected chi connectivity index (χ3v) is 0.856. The quantitative estimate of drug-likeness (QED) is 0.662. The first-order valence-corrected chi connectivity index (χ1v) is 3.51. The summed E-state index contributed by atoms with van der Waals surface area (Å²) in [5.41, 5.74) is 0. The molecule has 3 heteroatoms. The van der Waals surface area contributed by atoms with Gasteiger partial charge in [-0.1, -0.05) is 31.9 Å². The Hall–Kier alpha value is 0.920. The molecule has 0 atom stereocenters. The van der Waals surface area contributed by atoms with E-state index in [0.29, 0.717) is 6.61 Å². The summed E-state index contributed by atoms with van der Waals surface area (Å²) >= 11 is 6.66. The second-order valence-electron chi connectivity index (χ2n) is 1.50. The van der Waals surface area contributed by atoms with E-state index in [9.17, 15) is 0 Å². The van der Waals surface area contributed by atoms with E-state index in [2.05, 4.69) is 31.9 Å². The van der Waals surface area contributed by atoms with Gasteiger partial charge in [0.05, 0.1) is 6.61 Å². The van der Waals surface area contributed by atoms with Crippen molar-refractivity contribution in [3.63, 3.8) is 0 Å². The van der Waals surface area contributed by atoms with E-state index in [1.165, 1.54) is 0 Å². The highest BCUT2D eigenvalue weighted by Crippen LogP contribution is 2.24. The van der Waals surface area contributed by atoms with Crippen LogP contribution in [0.25, 0.3) is 0 Å². The largest absolute Gasteiger partial charge is 0.382 e. The molecule has 0 saturated heterocycles. The van der Waals surface area contributed by atoms with Crippen molar-refractivity contribution < 1.29 is 4.74 Å². The number of rotatable bonds is 2. The highest BCUT2D eigenvalue weighted by molar-refractivity contribution is 9.25. The summed E-state index contributed by atoms with van der Waals surface area (Å²) in [6, 6.07) is 0. The van der Waals surface area contributed by atoms with Gasteiger partial charge in [0, 0.05) is 7.11 Å². The Morgan fingerprint density at radius 1 is 1.57 bits per heavy atom. The summed E-state index contributed by atoms with van der Waals surface area (Å²) in [5.74, 6) is 0. The van der Waals surface area contributed by atoms with E-state index in [4.69, 9.17) is 4.74 Å². The van der Waals surface area contributed by atoms with Crippen molar-refractivity contribution in [1.82, 2.24) is 0 Å². The molecular weight excluding hydrogens is 224 g/mol. The van der Waals surface area contributed by atoms with E-state index in [1.54, 1.807) is 7.11 Å². The predicted molar refractivity (Wildman–Crippen MR) is 38.1 cm³/mol. The van der Waals surface area contributed by atoms with E-state index < -0.39 is 0 Å². The molecule has 0 aliphatic rings. The van der Waals surface area contributed by atoms with Crippen LogP contribution >= 0.6 is 31.9 Å². The molecule has 0 fully saturated rings. The van der Waals surface area contributed by atoms with Crippen LogP contribution < -0.4 is 0 Å². The smallest absolute Gasteiger partial charge is 0.101 e. The van der Waals surface area contributed by atoms with Gasteiger partial charge in [0.25, 0.3) is 0 Å². The van der Waals surface area contributed by atoms with Crippen LogP contribution in [0.5, 0.6) is 0 Å². The standard InChI is InChI=1S/C4H8Br2O/c1-4(5,6)3-7-2/h3H2,1-2H3. The van der Waals surface area contributed by atoms with Crippen LogP contribution in [0.1, 0.15) is 6.92 Å². The molecule has 7 heavy (non-hydrogen) atoms. The lowest BCUT2D eigenvalue weighted by Gasteiger charge is -2.10. The second kappa shape index (κ2) is 3.05. The monoisotopic (exact) mass is 230 g/mol. The van der Waals surface area contributed by atoms with Gasteiger partial charge in [0.1, 0.15) is 3.23 Å². The van der Waals surface area contributed by atoms with Crippen LogP contribution in [-0.4, -0.2) is 17.0 Å². The van der Waals surface area contributed by atoms with Crippen molar-refractivity contribution in [2.45, 2.75) is 10.2 Å². The minimum atomic E-state index is -0.0469. The van der Waals surface area contributed by atoms with Crippen molar-refractivity contribution in [1.29, 1.82) is 0 Å². The van der Waals surface area contributed by atoms with E-state index >= 15 is 0 Å². The molecular formula is C4H8Br2O. The summed E-state index contributed by atoms with van der Waals surface area (Å²) in [5, 5.41) is 0. The molecule has 0 aromatic carbocycles. The number of methoxy groups -OCH3 is 1. The van der Waals surface area contributed by atoms with Crippen molar-refractivity contribution in [2.75, 3.05) is 13.7 Å². The lowest BCUT2D eigenvalue weighted by molar-refractivity contribution is 0.199. The Kier molecular flexibility index (Phi) is 3.45. The molecule has 0 aliphatic heterocycles. The maximum atomic E-state index is 4.81. The lowest BCUT2D eigenvalue weighted by Crippen LogP contribution is -2.12. The Morgan fingerprint density at radius 3 is 2.00 bits per heavy atom. The summed E-state index contributed by atoms with van der Waals surface area (Å²) in [4.78, 5) is 0. The molecule has 0 rings (SSSR count). The van der Waals surface area contributed by atoms with Gasteiger partial charge in [-0.2, -0.15) is 0 Å². The van der Waals surface area contributed by atoms with Gasteiger partial charge in [-0.25, -0.2) is 0 Å². The number of hydrogen-bond donors (Lipinski definition) is 0. The minimum Gasteiger partial charge on any atom is -0.382 e. The zero-order valence-corrected chi connectivity index (χ0v) is 7.54. The van der Waals surface area contributed by atoms with Gasteiger partial charge >= 0.3 is 0 Å². The number of hydrogen-bond acceptors (Lipinski definition) is 1. The zero-order chi connectivity index (χ0) is 5.91. The molecule has 0 bridgehead atoms. The topological polar surface area (TPSA) is 9.23 Å². The van der Waals surface area contributed by atoms with Crippen LogP contribution in [0.15, 0.2) is 0 Å². The third-order valence-electron chi connectivity index (χ3n) is 0.398. The van der Waals surface area contributed by atoms with E-state index in [0.717, 1.165) is 0 Å². The van der Waals surface area contributed by atoms with Gasteiger partial charge in [0.15, 0.2) is 0 Å². The first-order valence-electron chi connectivity index (χ1n) is 1.93. The van der Waals surface area contributed by atoms with Gasteiger partial charge in [-0.15, -0.1) is 0 Å². The summed E-state index contributed by atoms with van der Waals surface area (Å²) in [7, 11) is 1.67. The van der Waals surface area contributed by atoms with Crippen molar-refractivity contribution >= 4 is 31.9 Å². The second-order valence-corrected chi connectivity index (χ2v) is 6.07. The van der Waals surface area contributed by atoms with Crippen LogP contribution in [0.4, 0.5) is 0 Å². The fraction of sp³-hybridized carbons (Fsp3) is 1.00. The van der Waals surface area contributed by atoms with Crippen LogP contribution in [-0.2, 0) is 4.74 Å². The van der Waals surface area contributed by atoms with Gasteiger partial charge in [-0.3, -0.25) is 0 Å². The minimum absolute atomic E-state index is 0.0469. The normalized spacial score (nSPS) is 12.0. The highest BCUT2D eigenvalue weighted by Gasteiger charge is 2.12. The maximum absolute atomic E-state index is 4.81. The fourth-order valence-electron chi connectivity index (χ4n) is 0.253. The highest BCUT2D eigenvalue weighted by atomic mass is 79.9.